The summed E-state index contributed by atoms with van der Waals surface area (Å²) in [4.78, 5) is 56.4. The summed E-state index contributed by atoms with van der Waals surface area (Å²) in [5.41, 5.74) is 1.63. The molecular formula is C31H21N3O5S. The van der Waals surface area contributed by atoms with Gasteiger partial charge in [0.1, 0.15) is 11.5 Å². The lowest BCUT2D eigenvalue weighted by Gasteiger charge is -2.38. The summed E-state index contributed by atoms with van der Waals surface area (Å²) < 4.78 is 0. The van der Waals surface area contributed by atoms with Crippen LogP contribution in [0, 0.1) is 16.0 Å². The highest BCUT2D eigenvalue weighted by Gasteiger charge is 2.70. The fraction of sp³-hybridized carbons (Fsp3) is 0.129. The number of non-ortho nitro benzene ring substituents is 1. The van der Waals surface area contributed by atoms with Crippen LogP contribution in [0.2, 0.25) is 0 Å². The lowest BCUT2D eigenvalue weighted by molar-refractivity contribution is -0.384. The van der Waals surface area contributed by atoms with Gasteiger partial charge in [0.05, 0.1) is 21.8 Å². The number of nitrogens with one attached hydrogen (secondary N) is 1. The Morgan fingerprint density at radius 3 is 2.42 bits per heavy atom. The first kappa shape index (κ1) is 24.2. The summed E-state index contributed by atoms with van der Waals surface area (Å²) in [6.07, 6.45) is 3.73. The van der Waals surface area contributed by atoms with Crippen molar-refractivity contribution in [3.63, 3.8) is 0 Å². The quantitative estimate of drug-likeness (QED) is 0.197. The summed E-state index contributed by atoms with van der Waals surface area (Å²) in [7, 11) is 0. The van der Waals surface area contributed by atoms with Crippen LogP contribution in [0.1, 0.15) is 42.8 Å². The van der Waals surface area contributed by atoms with Crippen LogP contribution >= 0.6 is 11.3 Å². The molecule has 3 aliphatic heterocycles. The van der Waals surface area contributed by atoms with Crippen molar-refractivity contribution in [3.8, 4) is 0 Å². The number of nitrogens with zero attached hydrogens (tertiary/aromatic N) is 2. The average molecular weight is 548 g/mol. The van der Waals surface area contributed by atoms with Gasteiger partial charge in [-0.15, -0.1) is 11.3 Å². The molecule has 9 heteroatoms. The molecule has 8 nitrogen and oxygen atoms in total. The minimum atomic E-state index is -1.44. The molecule has 1 amide bonds. The lowest BCUT2D eigenvalue weighted by atomic mass is 9.63. The minimum Gasteiger partial charge on any atom is -0.358 e. The fourth-order valence-corrected chi connectivity index (χ4v) is 7.36. The Bertz CT molecular complexity index is 1750. The summed E-state index contributed by atoms with van der Waals surface area (Å²) in [5, 5.41) is 16.1. The number of benzene rings is 3. The zero-order chi connectivity index (χ0) is 27.6. The van der Waals surface area contributed by atoms with E-state index in [2.05, 4.69) is 5.32 Å². The third-order valence-corrected chi connectivity index (χ3v) is 9.13. The molecule has 1 saturated heterocycles. The number of rotatable bonds is 5. The molecule has 3 aromatic carbocycles. The van der Waals surface area contributed by atoms with Gasteiger partial charge in [0, 0.05) is 29.6 Å². The Balaban J connectivity index is 1.52. The van der Waals surface area contributed by atoms with E-state index in [-0.39, 0.29) is 22.9 Å². The molecule has 4 heterocycles. The molecule has 196 valence electrons. The van der Waals surface area contributed by atoms with Gasteiger partial charge in [-0.2, -0.15) is 0 Å². The zero-order valence-corrected chi connectivity index (χ0v) is 21.7. The highest BCUT2D eigenvalue weighted by Crippen LogP contribution is 2.62. The Morgan fingerprint density at radius 1 is 0.925 bits per heavy atom. The van der Waals surface area contributed by atoms with Crippen molar-refractivity contribution in [1.29, 1.82) is 0 Å². The molecule has 7 rings (SSSR count). The van der Waals surface area contributed by atoms with Gasteiger partial charge in [-0.1, -0.05) is 48.5 Å². The monoisotopic (exact) mass is 547 g/mol. The molecule has 0 bridgehead atoms. The van der Waals surface area contributed by atoms with E-state index in [0.717, 1.165) is 11.1 Å². The zero-order valence-electron chi connectivity index (χ0n) is 20.9. The van der Waals surface area contributed by atoms with Crippen LogP contribution in [-0.2, 0) is 10.2 Å². The first-order chi connectivity index (χ1) is 19.4. The normalized spacial score (nSPS) is 23.9. The van der Waals surface area contributed by atoms with Gasteiger partial charge in [-0.05, 0) is 52.4 Å². The van der Waals surface area contributed by atoms with Crippen molar-refractivity contribution < 1.29 is 19.3 Å². The molecule has 40 heavy (non-hydrogen) atoms. The third-order valence-electron chi connectivity index (χ3n) is 8.25. The summed E-state index contributed by atoms with van der Waals surface area (Å²) in [6, 6.07) is 22.2. The number of nitro groups is 1. The van der Waals surface area contributed by atoms with Gasteiger partial charge in [0.2, 0.25) is 5.91 Å². The van der Waals surface area contributed by atoms with Crippen molar-refractivity contribution in [3.05, 3.63) is 134 Å². The number of hydrogen-bond donors (Lipinski definition) is 1. The number of hydrogen-bond acceptors (Lipinski definition) is 7. The van der Waals surface area contributed by atoms with Gasteiger partial charge in [0.15, 0.2) is 11.6 Å². The first-order valence-electron chi connectivity index (χ1n) is 12.7. The molecule has 3 aliphatic rings. The maximum Gasteiger partial charge on any atom is 0.269 e. The largest absolute Gasteiger partial charge is 0.358 e. The predicted octanol–water partition coefficient (Wildman–Crippen LogP) is 5.64. The smallest absolute Gasteiger partial charge is 0.269 e. The highest BCUT2D eigenvalue weighted by molar-refractivity contribution is 7.12. The topological polar surface area (TPSA) is 110 Å². The second-order valence-corrected chi connectivity index (χ2v) is 11.0. The van der Waals surface area contributed by atoms with Crippen LogP contribution in [0.15, 0.2) is 96.5 Å². The number of nitro benzene ring substituents is 1. The Kier molecular flexibility index (Phi) is 5.33. The van der Waals surface area contributed by atoms with Crippen LogP contribution in [-0.4, -0.2) is 33.3 Å². The van der Waals surface area contributed by atoms with Crippen molar-refractivity contribution in [2.75, 3.05) is 5.32 Å². The number of anilines is 1. The Labute approximate surface area is 232 Å². The number of Topliss-reactive ketones (excluding diaryl/α,β-unsaturated/α-hetero) is 2. The van der Waals surface area contributed by atoms with E-state index in [1.165, 1.54) is 35.6 Å². The Morgan fingerprint density at radius 2 is 1.68 bits per heavy atom. The second-order valence-electron chi connectivity index (χ2n) is 10.1. The summed E-state index contributed by atoms with van der Waals surface area (Å²) in [6.45, 7) is 0. The number of para-hydroxylation sites is 1. The SMILES string of the molecule is O=C(c1cccs1)[C@@H]1[C@@H](C(=O)c2ccc([N+](=O)[O-])cc2)[C@@]2(C(=O)Nc3ccccc32)[C@H]2c3ccccc3C=CN12. The number of carbonyl (C=O) groups is 3. The Hall–Kier alpha value is -4.89. The van der Waals surface area contributed by atoms with Crippen LogP contribution in [0.25, 0.3) is 6.08 Å². The molecule has 4 aromatic rings. The van der Waals surface area contributed by atoms with Crippen molar-refractivity contribution in [2.24, 2.45) is 5.92 Å². The van der Waals surface area contributed by atoms with E-state index >= 15 is 0 Å². The van der Waals surface area contributed by atoms with Crippen LogP contribution in [0.3, 0.4) is 0 Å². The molecule has 1 fully saturated rings. The maximum atomic E-state index is 14.6. The highest BCUT2D eigenvalue weighted by atomic mass is 32.1. The van der Waals surface area contributed by atoms with Crippen LogP contribution in [0.4, 0.5) is 11.4 Å². The third kappa shape index (κ3) is 3.21. The average Bonchev–Trinajstić information content (AvgIpc) is 3.69. The molecule has 1 spiro atoms. The number of ketones is 2. The number of fused-ring (bicyclic) bond motifs is 6. The van der Waals surface area contributed by atoms with E-state index in [4.69, 9.17) is 0 Å². The summed E-state index contributed by atoms with van der Waals surface area (Å²) >= 11 is 1.29. The number of thiophene rings is 1. The molecule has 0 aliphatic carbocycles. The molecule has 0 saturated carbocycles. The van der Waals surface area contributed by atoms with E-state index in [0.29, 0.717) is 16.1 Å². The molecule has 0 unspecified atom stereocenters. The van der Waals surface area contributed by atoms with E-state index in [9.17, 15) is 24.5 Å². The van der Waals surface area contributed by atoms with Crippen LogP contribution < -0.4 is 5.32 Å². The summed E-state index contributed by atoms with van der Waals surface area (Å²) in [5.74, 6) is -2.14. The van der Waals surface area contributed by atoms with E-state index in [1.807, 2.05) is 65.0 Å². The van der Waals surface area contributed by atoms with Crippen LogP contribution in [0.5, 0.6) is 0 Å². The van der Waals surface area contributed by atoms with Gasteiger partial charge in [0.25, 0.3) is 5.69 Å². The van der Waals surface area contributed by atoms with E-state index < -0.39 is 34.1 Å². The molecular weight excluding hydrogens is 526 g/mol. The minimum absolute atomic E-state index is 0.151. The van der Waals surface area contributed by atoms with Gasteiger partial charge < -0.3 is 10.2 Å². The standard InChI is InChI=1S/C31H21N3O5S/c35-27(19-11-13-20(14-12-19)34(38)39)25-26(28(36)24-10-5-17-40-24)33-16-15-18-6-1-2-7-21(18)29(33)31(25)22-8-3-4-9-23(22)32-30(31)37/h1-17,25-26,29H,(H,32,37)/t25-,26-,29+,31+/m0/s1. The van der Waals surface area contributed by atoms with Crippen molar-refractivity contribution >= 4 is 46.3 Å². The number of carbonyl (C=O) groups excluding carboxylic acids is 3. The van der Waals surface area contributed by atoms with Gasteiger partial charge in [-0.25, -0.2) is 0 Å². The fourth-order valence-electron chi connectivity index (χ4n) is 6.66. The van der Waals surface area contributed by atoms with E-state index in [1.54, 1.807) is 18.2 Å². The lowest BCUT2D eigenvalue weighted by Crippen LogP contribution is -2.49. The molecule has 4 atom stereocenters. The first-order valence-corrected chi connectivity index (χ1v) is 13.6. The van der Waals surface area contributed by atoms with Crippen molar-refractivity contribution in [2.45, 2.75) is 17.5 Å². The van der Waals surface area contributed by atoms with Gasteiger partial charge >= 0.3 is 0 Å². The number of amides is 1. The molecule has 1 N–H and O–H groups in total. The van der Waals surface area contributed by atoms with Gasteiger partial charge in [-0.3, -0.25) is 24.5 Å². The maximum absolute atomic E-state index is 14.6. The van der Waals surface area contributed by atoms with Crippen molar-refractivity contribution in [1.82, 2.24) is 4.90 Å². The second kappa shape index (κ2) is 8.82. The molecule has 1 aromatic heterocycles. The molecule has 0 radical (unpaired) electrons. The predicted molar refractivity (Wildman–Crippen MR) is 150 cm³/mol.